The molecule has 3 N–H and O–H groups in total. The summed E-state index contributed by atoms with van der Waals surface area (Å²) in [7, 11) is 5.72. The molecule has 10 heteroatoms. The Kier molecular flexibility index (Phi) is 7.53. The Morgan fingerprint density at radius 3 is 2.59 bits per heavy atom. The van der Waals surface area contributed by atoms with Gasteiger partial charge in [0.25, 0.3) is 0 Å². The first kappa shape index (κ1) is 26.3. The van der Waals surface area contributed by atoms with Gasteiger partial charge in [0.1, 0.15) is 10.8 Å². The number of hydrogen-bond acceptors (Lipinski definition) is 8. The standard InChI is InChI=1S/C29H30ClN7O2/c1-5-27(38)33-23-13-24(26(39-4)14-25(23)37-16-21(17-37)36(2)3)34-29-31-15-22(30)28(35-29)32-20-11-10-18-8-6-7-9-19(18)12-20/h5-15,21H,1,16-17H2,2-4H3,(H,33,38)(H2,31,32,34,35). The van der Waals surface area contributed by atoms with Gasteiger partial charge in [-0.25, -0.2) is 4.98 Å². The molecule has 9 nitrogen and oxygen atoms in total. The molecule has 39 heavy (non-hydrogen) atoms. The van der Waals surface area contributed by atoms with Crippen LogP contribution >= 0.6 is 11.6 Å². The molecule has 3 aromatic carbocycles. The molecule has 1 amide bonds. The molecule has 2 heterocycles. The highest BCUT2D eigenvalue weighted by Gasteiger charge is 2.31. The molecular formula is C29H30ClN7O2. The third kappa shape index (κ3) is 5.74. The van der Waals surface area contributed by atoms with E-state index in [0.29, 0.717) is 40.0 Å². The van der Waals surface area contributed by atoms with E-state index in [-0.39, 0.29) is 5.91 Å². The fourth-order valence-corrected chi connectivity index (χ4v) is 4.54. The summed E-state index contributed by atoms with van der Waals surface area (Å²) in [6, 6.07) is 18.3. The van der Waals surface area contributed by atoms with Crippen LogP contribution in [0.2, 0.25) is 5.02 Å². The van der Waals surface area contributed by atoms with Crippen molar-refractivity contribution in [3.05, 3.63) is 78.5 Å². The van der Waals surface area contributed by atoms with Gasteiger partial charge in [-0.3, -0.25) is 4.79 Å². The predicted molar refractivity (Wildman–Crippen MR) is 159 cm³/mol. The molecule has 1 aliphatic heterocycles. The first-order valence-corrected chi connectivity index (χ1v) is 12.8. The van der Waals surface area contributed by atoms with E-state index >= 15 is 0 Å². The van der Waals surface area contributed by atoms with Gasteiger partial charge >= 0.3 is 0 Å². The lowest BCUT2D eigenvalue weighted by Crippen LogP contribution is -2.57. The largest absolute Gasteiger partial charge is 0.494 e. The van der Waals surface area contributed by atoms with Crippen molar-refractivity contribution in [2.75, 3.05) is 55.1 Å². The van der Waals surface area contributed by atoms with Crippen molar-refractivity contribution in [3.63, 3.8) is 0 Å². The van der Waals surface area contributed by atoms with Crippen LogP contribution in [0.5, 0.6) is 5.75 Å². The first-order valence-electron chi connectivity index (χ1n) is 12.5. The summed E-state index contributed by atoms with van der Waals surface area (Å²) in [6.07, 6.45) is 2.77. The number of aromatic nitrogens is 2. The van der Waals surface area contributed by atoms with Crippen LogP contribution in [0.1, 0.15) is 0 Å². The molecule has 0 radical (unpaired) electrons. The molecule has 0 aliphatic carbocycles. The maximum atomic E-state index is 12.2. The maximum absolute atomic E-state index is 12.2. The Bertz CT molecular complexity index is 1540. The smallest absolute Gasteiger partial charge is 0.247 e. The van der Waals surface area contributed by atoms with E-state index in [4.69, 9.17) is 16.3 Å². The van der Waals surface area contributed by atoms with Crippen LogP contribution in [-0.4, -0.2) is 61.1 Å². The van der Waals surface area contributed by atoms with Crippen LogP contribution in [0.4, 0.5) is 34.5 Å². The highest BCUT2D eigenvalue weighted by molar-refractivity contribution is 6.33. The number of nitrogens with one attached hydrogen (secondary N) is 3. The monoisotopic (exact) mass is 543 g/mol. The number of hydrogen-bond donors (Lipinski definition) is 3. The van der Waals surface area contributed by atoms with Gasteiger partial charge < -0.3 is 30.5 Å². The number of benzene rings is 3. The van der Waals surface area contributed by atoms with E-state index in [2.05, 4.69) is 68.5 Å². The molecule has 0 saturated carbocycles. The zero-order valence-corrected chi connectivity index (χ0v) is 22.8. The number of nitrogens with zero attached hydrogens (tertiary/aromatic N) is 4. The number of anilines is 6. The number of amides is 1. The highest BCUT2D eigenvalue weighted by atomic mass is 35.5. The second kappa shape index (κ2) is 11.2. The van der Waals surface area contributed by atoms with Gasteiger partial charge in [0.15, 0.2) is 5.82 Å². The van der Waals surface area contributed by atoms with Gasteiger partial charge in [-0.2, -0.15) is 4.98 Å². The van der Waals surface area contributed by atoms with E-state index in [1.807, 2.05) is 42.5 Å². The fraction of sp³-hybridized carbons (Fsp3) is 0.207. The lowest BCUT2D eigenvalue weighted by molar-refractivity contribution is -0.111. The topological polar surface area (TPSA) is 94.6 Å². The van der Waals surface area contributed by atoms with Crippen molar-refractivity contribution in [1.82, 2.24) is 14.9 Å². The second-order valence-electron chi connectivity index (χ2n) is 9.49. The lowest BCUT2D eigenvalue weighted by atomic mass is 10.0. The Balaban J connectivity index is 1.43. The number of fused-ring (bicyclic) bond motifs is 1. The van der Waals surface area contributed by atoms with Crippen LogP contribution in [0, 0.1) is 0 Å². The summed E-state index contributed by atoms with van der Waals surface area (Å²) in [4.78, 5) is 25.6. The summed E-state index contributed by atoms with van der Waals surface area (Å²) < 4.78 is 5.70. The van der Waals surface area contributed by atoms with Crippen LogP contribution in [0.3, 0.4) is 0 Å². The minimum absolute atomic E-state index is 0.304. The molecule has 0 spiro atoms. The van der Waals surface area contributed by atoms with Crippen molar-refractivity contribution in [1.29, 1.82) is 0 Å². The number of rotatable bonds is 9. The minimum atomic E-state index is -0.304. The number of carbonyl (C=O) groups is 1. The van der Waals surface area contributed by atoms with E-state index < -0.39 is 0 Å². The van der Waals surface area contributed by atoms with Gasteiger partial charge in [-0.05, 0) is 49.1 Å². The molecule has 1 saturated heterocycles. The Morgan fingerprint density at radius 1 is 1.10 bits per heavy atom. The first-order chi connectivity index (χ1) is 18.8. The summed E-state index contributed by atoms with van der Waals surface area (Å²) in [5, 5.41) is 12.0. The fourth-order valence-electron chi connectivity index (χ4n) is 4.40. The van der Waals surface area contributed by atoms with Crippen molar-refractivity contribution in [3.8, 4) is 5.75 Å². The molecule has 0 atom stereocenters. The van der Waals surface area contributed by atoms with E-state index in [9.17, 15) is 4.79 Å². The molecular weight excluding hydrogens is 514 g/mol. The zero-order chi connectivity index (χ0) is 27.5. The van der Waals surface area contributed by atoms with Crippen molar-refractivity contribution >= 4 is 62.8 Å². The number of carbonyl (C=O) groups excluding carboxylic acids is 1. The van der Waals surface area contributed by atoms with Gasteiger partial charge in [0.2, 0.25) is 11.9 Å². The highest BCUT2D eigenvalue weighted by Crippen LogP contribution is 2.40. The SMILES string of the molecule is C=CC(=O)Nc1cc(Nc2ncc(Cl)c(Nc3ccc4ccccc4c3)n2)c(OC)cc1N1CC(N(C)C)C1. The molecule has 0 unspecified atom stereocenters. The Morgan fingerprint density at radius 2 is 1.87 bits per heavy atom. The van der Waals surface area contributed by atoms with E-state index in [1.165, 1.54) is 12.3 Å². The van der Waals surface area contributed by atoms with Crippen LogP contribution in [0.15, 0.2) is 73.4 Å². The normalized spacial score (nSPS) is 13.2. The number of halogens is 1. The minimum Gasteiger partial charge on any atom is -0.494 e. The molecule has 1 aromatic heterocycles. The van der Waals surface area contributed by atoms with Gasteiger partial charge in [0.05, 0.1) is 30.4 Å². The van der Waals surface area contributed by atoms with Crippen LogP contribution in [0.25, 0.3) is 10.8 Å². The third-order valence-electron chi connectivity index (χ3n) is 6.70. The third-order valence-corrected chi connectivity index (χ3v) is 6.97. The molecule has 1 fully saturated rings. The van der Waals surface area contributed by atoms with E-state index in [0.717, 1.165) is 35.2 Å². The van der Waals surface area contributed by atoms with Gasteiger partial charge in [-0.15, -0.1) is 0 Å². The molecule has 0 bridgehead atoms. The maximum Gasteiger partial charge on any atom is 0.247 e. The van der Waals surface area contributed by atoms with Crippen LogP contribution < -0.4 is 25.6 Å². The average Bonchev–Trinajstić information content (AvgIpc) is 2.90. The number of likely N-dealkylation sites (N-methyl/N-ethyl adjacent to an activating group) is 1. The average molecular weight is 544 g/mol. The van der Waals surface area contributed by atoms with Crippen molar-refractivity contribution in [2.45, 2.75) is 6.04 Å². The summed E-state index contributed by atoms with van der Waals surface area (Å²) >= 11 is 6.43. The molecule has 5 rings (SSSR count). The number of methoxy groups -OCH3 is 1. The molecule has 200 valence electrons. The van der Waals surface area contributed by atoms with Crippen molar-refractivity contribution in [2.24, 2.45) is 0 Å². The van der Waals surface area contributed by atoms with Gasteiger partial charge in [0, 0.05) is 30.9 Å². The molecule has 4 aromatic rings. The second-order valence-corrected chi connectivity index (χ2v) is 9.89. The zero-order valence-electron chi connectivity index (χ0n) is 22.0. The van der Waals surface area contributed by atoms with E-state index in [1.54, 1.807) is 7.11 Å². The van der Waals surface area contributed by atoms with Crippen LogP contribution in [-0.2, 0) is 4.79 Å². The quantitative estimate of drug-likeness (QED) is 0.233. The predicted octanol–water partition coefficient (Wildman–Crippen LogP) is 5.65. The molecule has 1 aliphatic rings. The van der Waals surface area contributed by atoms with Gasteiger partial charge in [-0.1, -0.05) is 48.5 Å². The van der Waals surface area contributed by atoms with Crippen molar-refractivity contribution < 1.29 is 9.53 Å². The summed E-state index contributed by atoms with van der Waals surface area (Å²) in [5.41, 5.74) is 2.93. The lowest BCUT2D eigenvalue weighted by Gasteiger charge is -2.45. The summed E-state index contributed by atoms with van der Waals surface area (Å²) in [5.74, 6) is 1.04. The summed E-state index contributed by atoms with van der Waals surface area (Å²) in [6.45, 7) is 5.26. The Hall–Kier alpha value is -4.34. The number of ether oxygens (including phenoxy) is 1. The Labute approximate surface area is 232 Å².